The van der Waals surface area contributed by atoms with E-state index in [2.05, 4.69) is 22.8 Å². The first-order valence-electron chi connectivity index (χ1n) is 9.45. The van der Waals surface area contributed by atoms with Crippen LogP contribution in [0.4, 0.5) is 4.79 Å². The molecule has 1 aliphatic heterocycles. The quantitative estimate of drug-likeness (QED) is 0.715. The van der Waals surface area contributed by atoms with E-state index in [1.807, 2.05) is 35.2 Å². The SMILES string of the molecule is O=C(NCCc1ccccc1)N1CCOC(CNCc2ccc(Cl)c(Cl)c2)C1. The van der Waals surface area contributed by atoms with E-state index in [1.165, 1.54) is 5.56 Å². The Morgan fingerprint density at radius 1 is 1.11 bits per heavy atom. The maximum absolute atomic E-state index is 12.4. The molecule has 28 heavy (non-hydrogen) atoms. The number of rotatable bonds is 7. The minimum absolute atomic E-state index is 0.0311. The van der Waals surface area contributed by atoms with Gasteiger partial charge < -0.3 is 20.3 Å². The summed E-state index contributed by atoms with van der Waals surface area (Å²) in [5.41, 5.74) is 2.27. The summed E-state index contributed by atoms with van der Waals surface area (Å²) in [4.78, 5) is 14.2. The Morgan fingerprint density at radius 2 is 1.93 bits per heavy atom. The molecule has 0 spiro atoms. The lowest BCUT2D eigenvalue weighted by Crippen LogP contribution is -2.52. The molecule has 7 heteroatoms. The van der Waals surface area contributed by atoms with Gasteiger partial charge in [-0.15, -0.1) is 0 Å². The van der Waals surface area contributed by atoms with Gasteiger partial charge in [-0.05, 0) is 29.7 Å². The lowest BCUT2D eigenvalue weighted by Gasteiger charge is -2.33. The third-order valence-electron chi connectivity index (χ3n) is 4.64. The van der Waals surface area contributed by atoms with Gasteiger partial charge in [-0.2, -0.15) is 0 Å². The van der Waals surface area contributed by atoms with Crippen LogP contribution >= 0.6 is 23.2 Å². The monoisotopic (exact) mass is 421 g/mol. The molecule has 5 nitrogen and oxygen atoms in total. The second kappa shape index (κ2) is 10.7. The number of nitrogens with one attached hydrogen (secondary N) is 2. The first kappa shape index (κ1) is 20.9. The van der Waals surface area contributed by atoms with Crippen LogP contribution in [-0.2, 0) is 17.7 Å². The molecule has 1 aliphatic rings. The number of ether oxygens (including phenoxy) is 1. The number of benzene rings is 2. The topological polar surface area (TPSA) is 53.6 Å². The highest BCUT2D eigenvalue weighted by atomic mass is 35.5. The van der Waals surface area contributed by atoms with Crippen molar-refractivity contribution in [2.24, 2.45) is 0 Å². The van der Waals surface area contributed by atoms with E-state index in [-0.39, 0.29) is 12.1 Å². The third kappa shape index (κ3) is 6.38. The van der Waals surface area contributed by atoms with Gasteiger partial charge in [0.1, 0.15) is 0 Å². The molecule has 1 heterocycles. The van der Waals surface area contributed by atoms with Gasteiger partial charge in [-0.25, -0.2) is 4.79 Å². The molecule has 2 N–H and O–H groups in total. The molecule has 150 valence electrons. The van der Waals surface area contributed by atoms with Gasteiger partial charge in [0, 0.05) is 32.7 Å². The van der Waals surface area contributed by atoms with Crippen LogP contribution in [-0.4, -0.2) is 49.8 Å². The Kier molecular flexibility index (Phi) is 7.98. The lowest BCUT2D eigenvalue weighted by molar-refractivity contribution is -0.0129. The number of hydrogen-bond donors (Lipinski definition) is 2. The third-order valence-corrected chi connectivity index (χ3v) is 5.38. The molecule has 0 saturated carbocycles. The van der Waals surface area contributed by atoms with E-state index < -0.39 is 0 Å². The maximum atomic E-state index is 12.4. The fourth-order valence-corrected chi connectivity index (χ4v) is 3.45. The molecule has 2 aromatic rings. The zero-order valence-electron chi connectivity index (χ0n) is 15.7. The van der Waals surface area contributed by atoms with E-state index in [0.717, 1.165) is 12.0 Å². The number of carbonyl (C=O) groups excluding carboxylic acids is 1. The number of nitrogens with zero attached hydrogens (tertiary/aromatic N) is 1. The van der Waals surface area contributed by atoms with Crippen LogP contribution in [0.5, 0.6) is 0 Å². The number of urea groups is 1. The molecule has 2 amide bonds. The number of carbonyl (C=O) groups is 1. The van der Waals surface area contributed by atoms with Crippen molar-refractivity contribution in [1.82, 2.24) is 15.5 Å². The molecule has 3 rings (SSSR count). The minimum atomic E-state index is -0.0336. The van der Waals surface area contributed by atoms with Crippen molar-refractivity contribution in [3.8, 4) is 0 Å². The normalized spacial score (nSPS) is 16.8. The molecule has 1 atom stereocenters. The summed E-state index contributed by atoms with van der Waals surface area (Å²) < 4.78 is 5.78. The molecule has 0 radical (unpaired) electrons. The second-order valence-corrected chi connectivity index (χ2v) is 7.60. The molecular formula is C21H25Cl2N3O2. The number of hydrogen-bond acceptors (Lipinski definition) is 3. The molecule has 0 bridgehead atoms. The molecule has 1 saturated heterocycles. The van der Waals surface area contributed by atoms with Crippen molar-refractivity contribution in [3.63, 3.8) is 0 Å². The zero-order chi connectivity index (χ0) is 19.8. The average molecular weight is 422 g/mol. The zero-order valence-corrected chi connectivity index (χ0v) is 17.2. The van der Waals surface area contributed by atoms with Gasteiger partial charge in [0.15, 0.2) is 0 Å². The van der Waals surface area contributed by atoms with Gasteiger partial charge >= 0.3 is 6.03 Å². The summed E-state index contributed by atoms with van der Waals surface area (Å²) in [6.07, 6.45) is 0.794. The summed E-state index contributed by atoms with van der Waals surface area (Å²) in [6, 6.07) is 15.7. The molecule has 1 unspecified atom stereocenters. The van der Waals surface area contributed by atoms with Gasteiger partial charge in [0.05, 0.1) is 22.8 Å². The predicted molar refractivity (Wildman–Crippen MR) is 113 cm³/mol. The fourth-order valence-electron chi connectivity index (χ4n) is 3.12. The van der Waals surface area contributed by atoms with Crippen LogP contribution in [0.2, 0.25) is 10.0 Å². The Labute approximate surface area is 176 Å². The highest BCUT2D eigenvalue weighted by Crippen LogP contribution is 2.22. The molecular weight excluding hydrogens is 397 g/mol. The highest BCUT2D eigenvalue weighted by molar-refractivity contribution is 6.42. The Balaban J connectivity index is 1.38. The summed E-state index contributed by atoms with van der Waals surface area (Å²) in [7, 11) is 0. The van der Waals surface area contributed by atoms with Crippen molar-refractivity contribution in [3.05, 3.63) is 69.7 Å². The minimum Gasteiger partial charge on any atom is -0.373 e. The van der Waals surface area contributed by atoms with E-state index >= 15 is 0 Å². The average Bonchev–Trinajstić information content (AvgIpc) is 2.71. The second-order valence-electron chi connectivity index (χ2n) is 6.79. The standard InChI is InChI=1S/C21H25Cl2N3O2/c22-19-7-6-17(12-20(19)23)13-24-14-18-15-26(10-11-28-18)21(27)25-9-8-16-4-2-1-3-5-16/h1-7,12,18,24H,8-11,13-15H2,(H,25,27). The first-order chi connectivity index (χ1) is 13.6. The molecule has 0 aliphatic carbocycles. The van der Waals surface area contributed by atoms with E-state index in [9.17, 15) is 4.79 Å². The Morgan fingerprint density at radius 3 is 2.71 bits per heavy atom. The smallest absolute Gasteiger partial charge is 0.317 e. The van der Waals surface area contributed by atoms with E-state index in [1.54, 1.807) is 6.07 Å². The number of amides is 2. The number of morpholine rings is 1. The van der Waals surface area contributed by atoms with Gasteiger partial charge in [0.25, 0.3) is 0 Å². The van der Waals surface area contributed by atoms with Crippen LogP contribution in [0.3, 0.4) is 0 Å². The molecule has 1 fully saturated rings. The van der Waals surface area contributed by atoms with Crippen LogP contribution in [0.15, 0.2) is 48.5 Å². The summed E-state index contributed by atoms with van der Waals surface area (Å²) >= 11 is 12.0. The van der Waals surface area contributed by atoms with Gasteiger partial charge in [0.2, 0.25) is 0 Å². The summed E-state index contributed by atoms with van der Waals surface area (Å²) in [6.45, 7) is 3.69. The fraction of sp³-hybridized carbons (Fsp3) is 0.381. The Bertz CT molecular complexity index is 774. The van der Waals surface area contributed by atoms with Crippen LogP contribution in [0.1, 0.15) is 11.1 Å². The van der Waals surface area contributed by atoms with E-state index in [0.29, 0.717) is 49.4 Å². The predicted octanol–water partition coefficient (Wildman–Crippen LogP) is 3.74. The summed E-state index contributed by atoms with van der Waals surface area (Å²) in [5, 5.41) is 7.46. The van der Waals surface area contributed by atoms with Crippen LogP contribution in [0.25, 0.3) is 0 Å². The van der Waals surface area contributed by atoms with Crippen molar-refractivity contribution in [1.29, 1.82) is 0 Å². The van der Waals surface area contributed by atoms with Crippen LogP contribution < -0.4 is 10.6 Å². The van der Waals surface area contributed by atoms with Crippen molar-refractivity contribution >= 4 is 29.2 Å². The van der Waals surface area contributed by atoms with Crippen molar-refractivity contribution in [2.75, 3.05) is 32.8 Å². The highest BCUT2D eigenvalue weighted by Gasteiger charge is 2.23. The van der Waals surface area contributed by atoms with Crippen molar-refractivity contribution < 1.29 is 9.53 Å². The van der Waals surface area contributed by atoms with Gasteiger partial charge in [-0.1, -0.05) is 59.6 Å². The Hall–Kier alpha value is -1.79. The first-order valence-corrected chi connectivity index (χ1v) is 10.2. The maximum Gasteiger partial charge on any atom is 0.317 e. The lowest BCUT2D eigenvalue weighted by atomic mass is 10.1. The number of halogens is 2. The summed E-state index contributed by atoms with van der Waals surface area (Å²) in [5.74, 6) is 0. The van der Waals surface area contributed by atoms with Gasteiger partial charge in [-0.3, -0.25) is 0 Å². The largest absolute Gasteiger partial charge is 0.373 e. The van der Waals surface area contributed by atoms with E-state index in [4.69, 9.17) is 27.9 Å². The van der Waals surface area contributed by atoms with Crippen LogP contribution in [0, 0.1) is 0 Å². The molecule has 2 aromatic carbocycles. The molecule has 0 aromatic heterocycles. The van der Waals surface area contributed by atoms with Crippen molar-refractivity contribution in [2.45, 2.75) is 19.1 Å².